The Morgan fingerprint density at radius 2 is 2.14 bits per heavy atom. The molecule has 1 aromatic carbocycles. The van der Waals surface area contributed by atoms with E-state index in [0.29, 0.717) is 24.6 Å². The zero-order chi connectivity index (χ0) is 20.5. The highest BCUT2D eigenvalue weighted by atomic mass is 19.1. The summed E-state index contributed by atoms with van der Waals surface area (Å²) in [6.07, 6.45) is 2.19. The number of carbonyl (C=O) groups excluding carboxylic acids is 3. The molecule has 1 unspecified atom stereocenters. The van der Waals surface area contributed by atoms with Gasteiger partial charge in [-0.2, -0.15) is 14.4 Å². The third-order valence-corrected chi connectivity index (χ3v) is 4.97. The first-order valence-electron chi connectivity index (χ1n) is 9.29. The van der Waals surface area contributed by atoms with Gasteiger partial charge in [-0.15, -0.1) is 4.90 Å². The van der Waals surface area contributed by atoms with Gasteiger partial charge in [-0.1, -0.05) is 17.3 Å². The first kappa shape index (κ1) is 18.9. The highest BCUT2D eigenvalue weighted by molar-refractivity contribution is 6.15. The van der Waals surface area contributed by atoms with Crippen molar-refractivity contribution in [3.05, 3.63) is 41.8 Å². The van der Waals surface area contributed by atoms with Gasteiger partial charge in [-0.25, -0.2) is 9.18 Å². The van der Waals surface area contributed by atoms with Crippen LogP contribution in [0, 0.1) is 12.7 Å². The van der Waals surface area contributed by atoms with Gasteiger partial charge in [0.1, 0.15) is 11.5 Å². The summed E-state index contributed by atoms with van der Waals surface area (Å²) in [5, 5.41) is 6.25. The van der Waals surface area contributed by atoms with Crippen LogP contribution in [0.5, 0.6) is 0 Å². The van der Waals surface area contributed by atoms with Crippen LogP contribution in [0.3, 0.4) is 0 Å². The van der Waals surface area contributed by atoms with E-state index in [2.05, 4.69) is 15.5 Å². The predicted octanol–water partition coefficient (Wildman–Crippen LogP) is 1.84. The number of halogens is 1. The summed E-state index contributed by atoms with van der Waals surface area (Å²) in [6, 6.07) is 5.10. The molecule has 2 aromatic rings. The quantitative estimate of drug-likeness (QED) is 0.785. The van der Waals surface area contributed by atoms with E-state index in [1.54, 1.807) is 13.0 Å². The Morgan fingerprint density at radius 1 is 1.34 bits per heavy atom. The number of rotatable bonds is 4. The lowest BCUT2D eigenvalue weighted by Gasteiger charge is -2.28. The number of hydrogen-bond donors (Lipinski definition) is 1. The summed E-state index contributed by atoms with van der Waals surface area (Å²) >= 11 is 0. The number of amides is 4. The number of nitrogens with zero attached hydrogens (tertiary/aromatic N) is 4. The molecule has 2 aliphatic rings. The van der Waals surface area contributed by atoms with Crippen molar-refractivity contribution in [2.24, 2.45) is 0 Å². The molecular formula is C19H19FN5O4+. The first-order valence-corrected chi connectivity index (χ1v) is 9.29. The van der Waals surface area contributed by atoms with Crippen LogP contribution in [0.25, 0.3) is 0 Å². The van der Waals surface area contributed by atoms with Gasteiger partial charge in [-0.05, 0) is 25.0 Å². The Bertz CT molecular complexity index is 1030. The van der Waals surface area contributed by atoms with Crippen molar-refractivity contribution in [3.63, 3.8) is 0 Å². The van der Waals surface area contributed by atoms with Gasteiger partial charge in [0.15, 0.2) is 18.3 Å². The Labute approximate surface area is 165 Å². The molecule has 150 valence electrons. The van der Waals surface area contributed by atoms with E-state index in [-0.39, 0.29) is 11.5 Å². The number of anilines is 1. The fourth-order valence-corrected chi connectivity index (χ4v) is 3.64. The van der Waals surface area contributed by atoms with Crippen molar-refractivity contribution < 1.29 is 27.9 Å². The lowest BCUT2D eigenvalue weighted by Crippen LogP contribution is -2.56. The lowest BCUT2D eigenvalue weighted by molar-refractivity contribution is -0.446. The molecule has 0 radical (unpaired) electrons. The van der Waals surface area contributed by atoms with E-state index < -0.39 is 36.1 Å². The zero-order valence-electron chi connectivity index (χ0n) is 15.7. The third kappa shape index (κ3) is 3.53. The minimum atomic E-state index is -0.883. The second-order valence-electron chi connectivity index (χ2n) is 6.94. The van der Waals surface area contributed by atoms with Crippen LogP contribution in [-0.2, 0) is 9.59 Å². The molecule has 2 aliphatic heterocycles. The average molecular weight is 400 g/mol. The van der Waals surface area contributed by atoms with Crippen LogP contribution in [0.1, 0.15) is 36.9 Å². The number of benzene rings is 1. The minimum Gasteiger partial charge on any atom is -0.340 e. The second-order valence-corrected chi connectivity index (χ2v) is 6.94. The highest BCUT2D eigenvalue weighted by Crippen LogP contribution is 2.28. The molecule has 0 aliphatic carbocycles. The molecule has 1 aromatic heterocycles. The molecule has 0 spiro atoms. The fraction of sp³-hybridized carbons (Fsp3) is 0.368. The third-order valence-electron chi connectivity index (χ3n) is 4.97. The summed E-state index contributed by atoms with van der Waals surface area (Å²) < 4.78 is 20.3. The maximum atomic E-state index is 13.8. The molecule has 4 amide bonds. The van der Waals surface area contributed by atoms with Crippen LogP contribution in [0.2, 0.25) is 0 Å². The zero-order valence-corrected chi connectivity index (χ0v) is 15.7. The molecule has 1 N–H and O–H groups in total. The van der Waals surface area contributed by atoms with E-state index >= 15 is 0 Å². The maximum absolute atomic E-state index is 13.8. The number of urea groups is 1. The molecule has 10 heteroatoms. The normalized spacial score (nSPS) is 19.4. The predicted molar refractivity (Wildman–Crippen MR) is 97.9 cm³/mol. The second kappa shape index (κ2) is 7.53. The number of hydrogen-bond acceptors (Lipinski definition) is 6. The van der Waals surface area contributed by atoms with Crippen LogP contribution in [0.15, 0.2) is 28.8 Å². The Kier molecular flexibility index (Phi) is 4.91. The van der Waals surface area contributed by atoms with Crippen LogP contribution < -0.4 is 5.32 Å². The molecule has 4 rings (SSSR count). The number of carbonyl (C=O) groups is 3. The standard InChI is InChI=1S/C19H18FN5O4/c1-11-21-17(23-29-11)16-14-8-4-5-9-24(14)19(28)25(18(16)27)10-15(26)22-13-7-3-2-6-12(13)20/h2-3,6-7,16H,4-5,8-10H2,1H3/p+1. The first-order chi connectivity index (χ1) is 14.0. The molecule has 0 fully saturated rings. The summed E-state index contributed by atoms with van der Waals surface area (Å²) in [4.78, 5) is 43.5. The van der Waals surface area contributed by atoms with Gasteiger partial charge >= 0.3 is 11.9 Å². The van der Waals surface area contributed by atoms with E-state index in [4.69, 9.17) is 4.52 Å². The van der Waals surface area contributed by atoms with E-state index in [9.17, 15) is 18.8 Å². The van der Waals surface area contributed by atoms with Crippen LogP contribution in [-0.4, -0.2) is 56.3 Å². The van der Waals surface area contributed by atoms with Gasteiger partial charge in [0, 0.05) is 13.3 Å². The van der Waals surface area contributed by atoms with Crippen molar-refractivity contribution >= 4 is 29.2 Å². The van der Waals surface area contributed by atoms with Crippen molar-refractivity contribution in [1.29, 1.82) is 0 Å². The molecule has 0 saturated heterocycles. The van der Waals surface area contributed by atoms with Crippen LogP contribution in [0.4, 0.5) is 14.9 Å². The van der Waals surface area contributed by atoms with Crippen molar-refractivity contribution in [3.8, 4) is 0 Å². The smallest absolute Gasteiger partial charge is 0.340 e. The molecule has 9 nitrogen and oxygen atoms in total. The summed E-state index contributed by atoms with van der Waals surface area (Å²) in [5.74, 6) is -2.29. The summed E-state index contributed by atoms with van der Waals surface area (Å²) in [6.45, 7) is 1.52. The van der Waals surface area contributed by atoms with Crippen molar-refractivity contribution in [2.75, 3.05) is 18.4 Å². The highest BCUT2D eigenvalue weighted by Gasteiger charge is 2.51. The minimum absolute atomic E-state index is 0.0232. The number of nitrogens with one attached hydrogen (secondary N) is 1. The molecule has 3 heterocycles. The number of imide groups is 1. The molecule has 1 atom stereocenters. The number of para-hydroxylation sites is 1. The summed E-state index contributed by atoms with van der Waals surface area (Å²) in [7, 11) is 0. The topological polar surface area (TPSA) is 108 Å². The van der Waals surface area contributed by atoms with Gasteiger partial charge in [0.2, 0.25) is 5.89 Å². The Morgan fingerprint density at radius 3 is 2.86 bits per heavy atom. The SMILES string of the molecule is Cc1nc(C2C(=O)N(CC(=O)Nc3ccccc3F)C(=O)[N+]3=C2CCCC3)no1. The van der Waals surface area contributed by atoms with Gasteiger partial charge in [-0.3, -0.25) is 4.79 Å². The lowest BCUT2D eigenvalue weighted by atomic mass is 9.91. The monoisotopic (exact) mass is 400 g/mol. The van der Waals surface area contributed by atoms with E-state index in [1.165, 1.54) is 22.8 Å². The summed E-state index contributed by atoms with van der Waals surface area (Å²) in [5.41, 5.74) is 0.600. The molecule has 0 saturated carbocycles. The van der Waals surface area contributed by atoms with Gasteiger partial charge in [0.05, 0.1) is 12.2 Å². The Hall–Kier alpha value is -3.43. The van der Waals surface area contributed by atoms with Crippen molar-refractivity contribution in [2.45, 2.75) is 32.1 Å². The molecular weight excluding hydrogens is 381 g/mol. The molecule has 29 heavy (non-hydrogen) atoms. The number of aryl methyl sites for hydroxylation is 1. The largest absolute Gasteiger partial charge is 0.501 e. The number of aromatic nitrogens is 2. The van der Waals surface area contributed by atoms with Crippen molar-refractivity contribution in [1.82, 2.24) is 15.0 Å². The molecule has 0 bridgehead atoms. The fourth-order valence-electron chi connectivity index (χ4n) is 3.64. The maximum Gasteiger partial charge on any atom is 0.501 e. The Balaban J connectivity index is 1.62. The van der Waals surface area contributed by atoms with E-state index in [1.807, 2.05) is 0 Å². The van der Waals surface area contributed by atoms with Crippen LogP contribution >= 0.6 is 0 Å². The van der Waals surface area contributed by atoms with Gasteiger partial charge < -0.3 is 9.84 Å². The average Bonchev–Trinajstić information content (AvgIpc) is 3.13. The van der Waals surface area contributed by atoms with E-state index in [0.717, 1.165) is 17.7 Å². The van der Waals surface area contributed by atoms with Gasteiger partial charge in [0.25, 0.3) is 5.91 Å².